The second kappa shape index (κ2) is 6.60. The van der Waals surface area contributed by atoms with E-state index in [2.05, 4.69) is 10.2 Å². The zero-order valence-electron chi connectivity index (χ0n) is 14.7. The molecule has 4 aromatic rings. The Morgan fingerprint density at radius 2 is 1.75 bits per heavy atom. The lowest BCUT2D eigenvalue weighted by Gasteiger charge is -2.07. The van der Waals surface area contributed by atoms with Gasteiger partial charge in [0.2, 0.25) is 0 Å². The van der Waals surface area contributed by atoms with Gasteiger partial charge in [-0.2, -0.15) is 18.3 Å². The van der Waals surface area contributed by atoms with E-state index in [-0.39, 0.29) is 5.75 Å². The quantitative estimate of drug-likeness (QED) is 0.453. The van der Waals surface area contributed by atoms with Crippen LogP contribution in [0.25, 0.3) is 34.0 Å². The van der Waals surface area contributed by atoms with E-state index in [0.717, 1.165) is 17.7 Å². The number of halogens is 3. The fourth-order valence-corrected chi connectivity index (χ4v) is 2.93. The Morgan fingerprint density at radius 1 is 0.964 bits per heavy atom. The van der Waals surface area contributed by atoms with Crippen LogP contribution in [0, 0.1) is 6.92 Å². The fourth-order valence-electron chi connectivity index (χ4n) is 2.93. The van der Waals surface area contributed by atoms with Crippen molar-refractivity contribution in [3.63, 3.8) is 0 Å². The van der Waals surface area contributed by atoms with Crippen molar-refractivity contribution in [2.24, 2.45) is 0 Å². The van der Waals surface area contributed by atoms with Crippen LogP contribution in [0.5, 0.6) is 5.75 Å². The van der Waals surface area contributed by atoms with Gasteiger partial charge in [-0.15, -0.1) is 0 Å². The topological polar surface area (TPSA) is 62.1 Å². The minimum absolute atomic E-state index is 0.116. The highest BCUT2D eigenvalue weighted by atomic mass is 19.4. The van der Waals surface area contributed by atoms with E-state index in [1.54, 1.807) is 36.4 Å². The highest BCUT2D eigenvalue weighted by Gasteiger charge is 2.30. The largest absolute Gasteiger partial charge is 0.507 e. The van der Waals surface area contributed by atoms with Crippen LogP contribution in [0.1, 0.15) is 11.1 Å². The van der Waals surface area contributed by atoms with Crippen molar-refractivity contribution in [3.05, 3.63) is 71.8 Å². The molecule has 2 aromatic heterocycles. The Bertz CT molecular complexity index is 1140. The maximum Gasteiger partial charge on any atom is 0.416 e. The number of benzene rings is 2. The number of H-pyrrole nitrogens is 1. The summed E-state index contributed by atoms with van der Waals surface area (Å²) >= 11 is 0. The van der Waals surface area contributed by atoms with Gasteiger partial charge in [-0.3, -0.25) is 5.10 Å². The van der Waals surface area contributed by atoms with E-state index in [4.69, 9.17) is 4.42 Å². The molecule has 2 heterocycles. The first-order valence-corrected chi connectivity index (χ1v) is 8.44. The number of alkyl halides is 3. The summed E-state index contributed by atoms with van der Waals surface area (Å²) in [4.78, 5) is 0. The molecule has 0 saturated carbocycles. The molecule has 4 rings (SSSR count). The van der Waals surface area contributed by atoms with E-state index in [1.165, 1.54) is 6.07 Å². The summed E-state index contributed by atoms with van der Waals surface area (Å²) in [7, 11) is 0. The van der Waals surface area contributed by atoms with E-state index < -0.39 is 11.7 Å². The Balaban J connectivity index is 1.66. The molecule has 28 heavy (non-hydrogen) atoms. The summed E-state index contributed by atoms with van der Waals surface area (Å²) in [5.74, 6) is 0.830. The fraction of sp³-hybridized carbons (Fsp3) is 0.0952. The van der Waals surface area contributed by atoms with Crippen LogP contribution in [-0.2, 0) is 6.18 Å². The maximum absolute atomic E-state index is 12.9. The zero-order chi connectivity index (χ0) is 19.9. The summed E-state index contributed by atoms with van der Waals surface area (Å²) < 4.78 is 44.5. The Hall–Kier alpha value is -3.48. The van der Waals surface area contributed by atoms with E-state index >= 15 is 0 Å². The highest BCUT2D eigenvalue weighted by molar-refractivity contribution is 5.72. The van der Waals surface area contributed by atoms with Crippen LogP contribution in [-0.4, -0.2) is 15.3 Å². The van der Waals surface area contributed by atoms with Gasteiger partial charge in [-0.1, -0.05) is 23.8 Å². The van der Waals surface area contributed by atoms with Gasteiger partial charge in [0, 0.05) is 11.1 Å². The zero-order valence-corrected chi connectivity index (χ0v) is 14.7. The number of phenols is 1. The molecule has 2 N–H and O–H groups in total. The summed E-state index contributed by atoms with van der Waals surface area (Å²) in [6, 6.07) is 15.1. The van der Waals surface area contributed by atoms with Gasteiger partial charge in [0.25, 0.3) is 0 Å². The third-order valence-corrected chi connectivity index (χ3v) is 4.35. The van der Waals surface area contributed by atoms with Crippen molar-refractivity contribution < 1.29 is 22.7 Å². The second-order valence-electron chi connectivity index (χ2n) is 6.43. The van der Waals surface area contributed by atoms with Crippen molar-refractivity contribution in [2.75, 3.05) is 0 Å². The first-order chi connectivity index (χ1) is 13.3. The molecule has 0 spiro atoms. The smallest absolute Gasteiger partial charge is 0.416 e. The first kappa shape index (κ1) is 17.9. The number of aromatic amines is 1. The van der Waals surface area contributed by atoms with Crippen molar-refractivity contribution in [1.29, 1.82) is 0 Å². The first-order valence-electron chi connectivity index (χ1n) is 8.44. The number of furan rings is 1. The minimum Gasteiger partial charge on any atom is -0.507 e. The summed E-state index contributed by atoms with van der Waals surface area (Å²) in [5.41, 5.74) is 2.26. The molecule has 0 unspecified atom stereocenters. The third-order valence-electron chi connectivity index (χ3n) is 4.35. The molecule has 0 radical (unpaired) electrons. The molecular formula is C21H15F3N2O2. The van der Waals surface area contributed by atoms with Crippen molar-refractivity contribution >= 4 is 0 Å². The molecule has 0 saturated heterocycles. The highest BCUT2D eigenvalue weighted by Crippen LogP contribution is 2.35. The maximum atomic E-state index is 12.9. The number of nitrogens with zero attached hydrogens (tertiary/aromatic N) is 1. The Labute approximate surface area is 158 Å². The van der Waals surface area contributed by atoms with Gasteiger partial charge >= 0.3 is 6.18 Å². The van der Waals surface area contributed by atoms with Crippen LogP contribution in [0.2, 0.25) is 0 Å². The van der Waals surface area contributed by atoms with E-state index in [1.807, 2.05) is 13.0 Å². The molecule has 4 nitrogen and oxygen atoms in total. The summed E-state index contributed by atoms with van der Waals surface area (Å²) in [5, 5.41) is 17.1. The number of nitrogens with one attached hydrogen (secondary N) is 1. The van der Waals surface area contributed by atoms with E-state index in [9.17, 15) is 18.3 Å². The Kier molecular flexibility index (Phi) is 4.22. The molecule has 142 valence electrons. The Morgan fingerprint density at radius 3 is 2.54 bits per heavy atom. The van der Waals surface area contributed by atoms with Gasteiger partial charge < -0.3 is 9.52 Å². The molecule has 0 fully saturated rings. The van der Waals surface area contributed by atoms with Gasteiger partial charge in [0.15, 0.2) is 5.76 Å². The van der Waals surface area contributed by atoms with Gasteiger partial charge in [-0.25, -0.2) is 0 Å². The number of aryl methyl sites for hydroxylation is 1. The predicted molar refractivity (Wildman–Crippen MR) is 98.6 cm³/mol. The number of aromatic hydroxyl groups is 1. The molecule has 0 amide bonds. The standard InChI is InChI=1S/C21H15F3N2O2/c1-12-5-6-18(27)15(9-12)16-11-17(26-25-16)20-8-7-19(28-20)13-3-2-4-14(10-13)21(22,23)24/h2-11,27H,1H3,(H,25,26). The normalized spacial score (nSPS) is 11.7. The van der Waals surface area contributed by atoms with Crippen LogP contribution in [0.3, 0.4) is 0 Å². The van der Waals surface area contributed by atoms with Gasteiger partial charge in [0.05, 0.1) is 11.3 Å². The van der Waals surface area contributed by atoms with Crippen LogP contribution >= 0.6 is 0 Å². The average molecular weight is 384 g/mol. The number of hydrogen-bond acceptors (Lipinski definition) is 3. The lowest BCUT2D eigenvalue weighted by atomic mass is 10.1. The molecular weight excluding hydrogens is 369 g/mol. The van der Waals surface area contributed by atoms with Gasteiger partial charge in [-0.05, 0) is 49.4 Å². The lowest BCUT2D eigenvalue weighted by molar-refractivity contribution is -0.137. The van der Waals surface area contributed by atoms with Crippen LogP contribution in [0.15, 0.2) is 65.1 Å². The van der Waals surface area contributed by atoms with Crippen molar-refractivity contribution in [2.45, 2.75) is 13.1 Å². The van der Waals surface area contributed by atoms with Gasteiger partial charge in [0.1, 0.15) is 17.2 Å². The molecule has 2 aromatic carbocycles. The predicted octanol–water partition coefficient (Wildman–Crippen LogP) is 6.04. The molecule has 0 aliphatic rings. The van der Waals surface area contributed by atoms with E-state index in [0.29, 0.717) is 34.0 Å². The molecule has 0 aliphatic carbocycles. The number of hydrogen-bond donors (Lipinski definition) is 2. The second-order valence-corrected chi connectivity index (χ2v) is 6.43. The molecule has 0 bridgehead atoms. The van der Waals surface area contributed by atoms with Crippen molar-refractivity contribution in [3.8, 4) is 39.8 Å². The number of rotatable bonds is 3. The van der Waals surface area contributed by atoms with Crippen molar-refractivity contribution in [1.82, 2.24) is 10.2 Å². The average Bonchev–Trinajstić information content (AvgIpc) is 3.32. The lowest BCUT2D eigenvalue weighted by Crippen LogP contribution is -2.04. The number of aromatic nitrogens is 2. The monoisotopic (exact) mass is 384 g/mol. The summed E-state index contributed by atoms with van der Waals surface area (Å²) in [6.45, 7) is 1.91. The molecule has 0 atom stereocenters. The van der Waals surface area contributed by atoms with Crippen LogP contribution < -0.4 is 0 Å². The summed E-state index contributed by atoms with van der Waals surface area (Å²) in [6.07, 6.45) is -4.42. The minimum atomic E-state index is -4.42. The van der Waals surface area contributed by atoms with Crippen LogP contribution in [0.4, 0.5) is 13.2 Å². The number of phenolic OH excluding ortho intramolecular Hbond substituents is 1. The SMILES string of the molecule is Cc1ccc(O)c(-c2cc(-c3ccc(-c4cccc(C(F)(F)F)c4)o3)n[nH]2)c1. The molecule has 0 aliphatic heterocycles. The third kappa shape index (κ3) is 3.38. The molecule has 7 heteroatoms.